The number of benzene rings is 2. The number of piperazine rings is 1. The van der Waals surface area contributed by atoms with Crippen LogP contribution in [-0.4, -0.2) is 35.5 Å². The van der Waals surface area contributed by atoms with Crippen molar-refractivity contribution in [1.82, 2.24) is 9.80 Å². The molecular weight excluding hydrogens is 436 g/mol. The number of hydrogen-bond donors (Lipinski definition) is 0. The molecule has 0 saturated carbocycles. The van der Waals surface area contributed by atoms with Gasteiger partial charge in [-0.15, -0.1) is 0 Å². The Kier molecular flexibility index (Phi) is 7.18. The Morgan fingerprint density at radius 1 is 0.853 bits per heavy atom. The summed E-state index contributed by atoms with van der Waals surface area (Å²) in [5, 5.41) is 0.928. The van der Waals surface area contributed by atoms with Crippen molar-refractivity contribution < 1.29 is 0 Å². The maximum Gasteiger partial charge on any atom is 0.0408 e. The van der Waals surface area contributed by atoms with E-state index in [1.165, 1.54) is 28.0 Å². The molecule has 2 heterocycles. The summed E-state index contributed by atoms with van der Waals surface area (Å²) in [6.07, 6.45) is 14.4. The maximum absolute atomic E-state index is 6.59. The van der Waals surface area contributed by atoms with E-state index >= 15 is 0 Å². The first-order chi connectivity index (χ1) is 16.7. The topological polar surface area (TPSA) is 6.48 Å². The number of halogens is 1. The van der Waals surface area contributed by atoms with Gasteiger partial charge < -0.3 is 4.90 Å². The van der Waals surface area contributed by atoms with Gasteiger partial charge in [-0.25, -0.2) is 0 Å². The third-order valence-electron chi connectivity index (χ3n) is 7.12. The van der Waals surface area contributed by atoms with Gasteiger partial charge in [-0.3, -0.25) is 4.90 Å². The van der Waals surface area contributed by atoms with Crippen molar-refractivity contribution in [2.24, 2.45) is 0 Å². The quantitative estimate of drug-likeness (QED) is 0.430. The van der Waals surface area contributed by atoms with Crippen LogP contribution in [0.3, 0.4) is 0 Å². The molecule has 2 aliphatic heterocycles. The minimum Gasteiger partial charge on any atom is -0.348 e. The second-order valence-corrected chi connectivity index (χ2v) is 9.97. The molecule has 0 amide bonds. The van der Waals surface area contributed by atoms with Crippen molar-refractivity contribution in [3.8, 4) is 0 Å². The van der Waals surface area contributed by atoms with E-state index < -0.39 is 0 Å². The Labute approximate surface area is 209 Å². The lowest BCUT2D eigenvalue weighted by atomic mass is 9.93. The Balaban J connectivity index is 1.34. The SMILES string of the molecule is C=C1C=C2CN(CC3=CCCC=C3Cl)C(Cc3ccccc3)CN2C=C1CCc1ccccc1. The van der Waals surface area contributed by atoms with E-state index in [4.69, 9.17) is 11.6 Å². The number of aryl methyl sites for hydroxylation is 1. The van der Waals surface area contributed by atoms with Crippen LogP contribution in [0.25, 0.3) is 0 Å². The number of fused-ring (bicyclic) bond motifs is 1. The lowest BCUT2D eigenvalue weighted by molar-refractivity contribution is 0.143. The minimum absolute atomic E-state index is 0.421. The maximum atomic E-state index is 6.59. The first-order valence-electron chi connectivity index (χ1n) is 12.4. The van der Waals surface area contributed by atoms with E-state index in [0.717, 1.165) is 62.3 Å². The molecule has 1 saturated heterocycles. The van der Waals surface area contributed by atoms with Crippen LogP contribution in [0.4, 0.5) is 0 Å². The van der Waals surface area contributed by atoms with Crippen LogP contribution in [0.15, 0.2) is 119 Å². The standard InChI is InChI=1S/C31H33ClN2/c1-24-18-29-22-34(21-28-14-8-9-15-31(28)32)30(19-26-12-6-3-7-13-26)23-33(29)20-27(24)17-16-25-10-4-2-5-11-25/h2-7,10-15,18,20,30H,1,8-9,16-17,19,21-23H2. The van der Waals surface area contributed by atoms with Gasteiger partial charge in [-0.2, -0.15) is 0 Å². The van der Waals surface area contributed by atoms with Gasteiger partial charge >= 0.3 is 0 Å². The minimum atomic E-state index is 0.421. The third-order valence-corrected chi connectivity index (χ3v) is 7.52. The molecule has 2 aromatic rings. The van der Waals surface area contributed by atoms with Gasteiger partial charge in [-0.05, 0) is 66.0 Å². The summed E-state index contributed by atoms with van der Waals surface area (Å²) in [5.41, 5.74) is 7.88. The van der Waals surface area contributed by atoms with Gasteiger partial charge in [0.2, 0.25) is 0 Å². The van der Waals surface area contributed by atoms with E-state index in [0.29, 0.717) is 6.04 Å². The average Bonchev–Trinajstić information content (AvgIpc) is 2.86. The number of rotatable bonds is 7. The molecule has 1 fully saturated rings. The van der Waals surface area contributed by atoms with Crippen molar-refractivity contribution in [1.29, 1.82) is 0 Å². The Morgan fingerprint density at radius 3 is 2.29 bits per heavy atom. The molecule has 1 atom stereocenters. The molecule has 3 aliphatic rings. The van der Waals surface area contributed by atoms with Crippen LogP contribution in [0, 0.1) is 0 Å². The molecule has 0 spiro atoms. The Morgan fingerprint density at radius 2 is 1.56 bits per heavy atom. The van der Waals surface area contributed by atoms with Crippen LogP contribution in [0.5, 0.6) is 0 Å². The number of hydrogen-bond acceptors (Lipinski definition) is 2. The van der Waals surface area contributed by atoms with Crippen LogP contribution in [-0.2, 0) is 12.8 Å². The molecule has 174 valence electrons. The molecule has 0 N–H and O–H groups in total. The van der Waals surface area contributed by atoms with Crippen molar-refractivity contribution in [3.05, 3.63) is 130 Å². The largest absolute Gasteiger partial charge is 0.348 e. The van der Waals surface area contributed by atoms with Gasteiger partial charge in [0.25, 0.3) is 0 Å². The highest BCUT2D eigenvalue weighted by Crippen LogP contribution is 2.32. The van der Waals surface area contributed by atoms with Crippen LogP contribution < -0.4 is 0 Å². The molecule has 0 aromatic heterocycles. The van der Waals surface area contributed by atoms with E-state index in [1.54, 1.807) is 0 Å². The zero-order valence-electron chi connectivity index (χ0n) is 19.8. The monoisotopic (exact) mass is 468 g/mol. The molecule has 2 nitrogen and oxygen atoms in total. The van der Waals surface area contributed by atoms with Crippen molar-refractivity contribution in [3.63, 3.8) is 0 Å². The summed E-state index contributed by atoms with van der Waals surface area (Å²) < 4.78 is 0. The molecule has 34 heavy (non-hydrogen) atoms. The van der Waals surface area contributed by atoms with Gasteiger partial charge in [0.1, 0.15) is 0 Å². The Bertz CT molecular complexity index is 1140. The fourth-order valence-corrected chi connectivity index (χ4v) is 5.43. The molecule has 5 rings (SSSR count). The van der Waals surface area contributed by atoms with Gasteiger partial charge in [-0.1, -0.05) is 91.0 Å². The number of nitrogens with zero attached hydrogens (tertiary/aromatic N) is 2. The summed E-state index contributed by atoms with van der Waals surface area (Å²) in [6, 6.07) is 22.0. The van der Waals surface area contributed by atoms with Gasteiger partial charge in [0.15, 0.2) is 0 Å². The van der Waals surface area contributed by atoms with E-state index in [-0.39, 0.29) is 0 Å². The fraction of sp³-hybridized carbons (Fsp3) is 0.290. The molecular formula is C31H33ClN2. The second kappa shape index (κ2) is 10.6. The predicted molar refractivity (Wildman–Crippen MR) is 144 cm³/mol. The van der Waals surface area contributed by atoms with E-state index in [1.807, 2.05) is 0 Å². The molecule has 2 aromatic carbocycles. The third kappa shape index (κ3) is 5.46. The van der Waals surface area contributed by atoms with Gasteiger partial charge in [0.05, 0.1) is 0 Å². The summed E-state index contributed by atoms with van der Waals surface area (Å²) in [7, 11) is 0. The lowest BCUT2D eigenvalue weighted by Crippen LogP contribution is -2.52. The summed E-state index contributed by atoms with van der Waals surface area (Å²) in [4.78, 5) is 5.09. The summed E-state index contributed by atoms with van der Waals surface area (Å²) in [5.74, 6) is 0. The zero-order chi connectivity index (χ0) is 23.3. The average molecular weight is 469 g/mol. The fourth-order valence-electron chi connectivity index (χ4n) is 5.19. The lowest BCUT2D eigenvalue weighted by Gasteiger charge is -2.45. The molecule has 1 unspecified atom stereocenters. The smallest absolute Gasteiger partial charge is 0.0408 e. The molecule has 0 radical (unpaired) electrons. The van der Waals surface area contributed by atoms with Crippen molar-refractivity contribution in [2.45, 2.75) is 38.1 Å². The molecule has 3 heteroatoms. The molecule has 0 bridgehead atoms. The van der Waals surface area contributed by atoms with Crippen molar-refractivity contribution in [2.75, 3.05) is 19.6 Å². The van der Waals surface area contributed by atoms with E-state index in [2.05, 4.69) is 101 Å². The van der Waals surface area contributed by atoms with Gasteiger partial charge in [0, 0.05) is 42.6 Å². The second-order valence-electron chi connectivity index (χ2n) is 9.56. The highest BCUT2D eigenvalue weighted by atomic mass is 35.5. The summed E-state index contributed by atoms with van der Waals surface area (Å²) in [6.45, 7) is 7.21. The molecule has 1 aliphatic carbocycles. The van der Waals surface area contributed by atoms with Crippen LogP contribution in [0.2, 0.25) is 0 Å². The first-order valence-corrected chi connectivity index (χ1v) is 12.8. The summed E-state index contributed by atoms with van der Waals surface area (Å²) >= 11 is 6.59. The first kappa shape index (κ1) is 23.0. The zero-order valence-corrected chi connectivity index (χ0v) is 20.6. The van der Waals surface area contributed by atoms with Crippen LogP contribution >= 0.6 is 11.6 Å². The van der Waals surface area contributed by atoms with Crippen LogP contribution in [0.1, 0.15) is 30.4 Å². The highest BCUT2D eigenvalue weighted by Gasteiger charge is 2.32. The van der Waals surface area contributed by atoms with Crippen molar-refractivity contribution >= 4 is 11.6 Å². The van der Waals surface area contributed by atoms with E-state index in [9.17, 15) is 0 Å². The predicted octanol–water partition coefficient (Wildman–Crippen LogP) is 7.03. The normalized spacial score (nSPS) is 20.8. The highest BCUT2D eigenvalue weighted by molar-refractivity contribution is 6.32. The number of allylic oxidation sites excluding steroid dienone is 5. The Hall–Kier alpha value is -2.81.